The number of hydrogen-bond acceptors (Lipinski definition) is 3. The van der Waals surface area contributed by atoms with Gasteiger partial charge in [-0.3, -0.25) is 9.52 Å². The van der Waals surface area contributed by atoms with Gasteiger partial charge in [0.25, 0.3) is 0 Å². The van der Waals surface area contributed by atoms with Gasteiger partial charge in [0, 0.05) is 19.7 Å². The Balaban J connectivity index is 3.25. The summed E-state index contributed by atoms with van der Waals surface area (Å²) >= 11 is 0. The lowest BCUT2D eigenvalue weighted by atomic mass is 10.0. The molecule has 1 aromatic carbocycles. The molecular weight excluding hydrogens is 240 g/mol. The van der Waals surface area contributed by atoms with Crippen LogP contribution in [-0.4, -0.2) is 32.6 Å². The van der Waals surface area contributed by atoms with Gasteiger partial charge in [0.2, 0.25) is 0 Å². The highest BCUT2D eigenvalue weighted by molar-refractivity contribution is 7.90. The summed E-state index contributed by atoms with van der Waals surface area (Å²) in [7, 11) is -0.749. The summed E-state index contributed by atoms with van der Waals surface area (Å²) in [6, 6.07) is 5.05. The standard InChI is InChI=1S/C11H16N2O3S/c1-8-6-5-7-10(11(8)9(2)14)12-17(15,16)13(3)4/h5-7,12H,1-4H3. The van der Waals surface area contributed by atoms with Crippen molar-refractivity contribution in [2.75, 3.05) is 18.8 Å². The minimum atomic E-state index is -3.59. The predicted molar refractivity (Wildman–Crippen MR) is 67.4 cm³/mol. The van der Waals surface area contributed by atoms with Crippen molar-refractivity contribution in [1.82, 2.24) is 4.31 Å². The van der Waals surface area contributed by atoms with Gasteiger partial charge in [-0.25, -0.2) is 0 Å². The van der Waals surface area contributed by atoms with Gasteiger partial charge in [-0.2, -0.15) is 12.7 Å². The van der Waals surface area contributed by atoms with E-state index in [1.54, 1.807) is 25.1 Å². The fourth-order valence-electron chi connectivity index (χ4n) is 1.45. The largest absolute Gasteiger partial charge is 0.301 e. The van der Waals surface area contributed by atoms with Crippen LogP contribution in [-0.2, 0) is 10.2 Å². The van der Waals surface area contributed by atoms with Gasteiger partial charge in [0.15, 0.2) is 5.78 Å². The molecule has 0 aliphatic heterocycles. The Hall–Kier alpha value is -1.40. The first-order valence-electron chi connectivity index (χ1n) is 5.06. The van der Waals surface area contributed by atoms with Gasteiger partial charge in [0.1, 0.15) is 0 Å². The topological polar surface area (TPSA) is 66.5 Å². The molecule has 0 bridgehead atoms. The van der Waals surface area contributed by atoms with E-state index in [4.69, 9.17) is 0 Å². The molecule has 1 rings (SSSR count). The zero-order chi connectivity index (χ0) is 13.2. The van der Waals surface area contributed by atoms with Crippen molar-refractivity contribution in [3.8, 4) is 0 Å². The molecule has 94 valence electrons. The van der Waals surface area contributed by atoms with Crippen LogP contribution in [0.2, 0.25) is 0 Å². The van der Waals surface area contributed by atoms with Gasteiger partial charge < -0.3 is 0 Å². The van der Waals surface area contributed by atoms with Crippen molar-refractivity contribution in [3.05, 3.63) is 29.3 Å². The quantitative estimate of drug-likeness (QED) is 0.828. The van der Waals surface area contributed by atoms with Crippen molar-refractivity contribution in [2.45, 2.75) is 13.8 Å². The second-order valence-corrected chi connectivity index (χ2v) is 5.83. The fourth-order valence-corrected chi connectivity index (χ4v) is 2.08. The van der Waals surface area contributed by atoms with Gasteiger partial charge in [-0.15, -0.1) is 0 Å². The Morgan fingerprint density at radius 3 is 2.35 bits per heavy atom. The number of Topliss-reactive ketones (excluding diaryl/α,β-unsaturated/α-hetero) is 1. The lowest BCUT2D eigenvalue weighted by Crippen LogP contribution is -2.29. The van der Waals surface area contributed by atoms with Crippen LogP contribution < -0.4 is 4.72 Å². The molecule has 0 fully saturated rings. The molecule has 17 heavy (non-hydrogen) atoms. The number of hydrogen-bond donors (Lipinski definition) is 1. The molecule has 0 atom stereocenters. The third-order valence-electron chi connectivity index (χ3n) is 2.34. The first-order chi connectivity index (χ1) is 7.75. The molecule has 0 unspecified atom stereocenters. The van der Waals surface area contributed by atoms with E-state index in [-0.39, 0.29) is 5.78 Å². The Morgan fingerprint density at radius 1 is 1.29 bits per heavy atom. The summed E-state index contributed by atoms with van der Waals surface area (Å²) in [4.78, 5) is 11.5. The Kier molecular flexibility index (Phi) is 3.90. The van der Waals surface area contributed by atoms with Crippen LogP contribution in [0.25, 0.3) is 0 Å². The van der Waals surface area contributed by atoms with Crippen LogP contribution in [0.5, 0.6) is 0 Å². The van der Waals surface area contributed by atoms with Crippen LogP contribution in [0.1, 0.15) is 22.8 Å². The molecule has 1 aromatic rings. The van der Waals surface area contributed by atoms with Gasteiger partial charge in [-0.1, -0.05) is 12.1 Å². The number of nitrogens with one attached hydrogen (secondary N) is 1. The van der Waals surface area contributed by atoms with E-state index in [9.17, 15) is 13.2 Å². The third-order valence-corrected chi connectivity index (χ3v) is 3.78. The smallest absolute Gasteiger partial charge is 0.294 e. The Labute approximate surface area is 102 Å². The summed E-state index contributed by atoms with van der Waals surface area (Å²) in [6.45, 7) is 3.18. The number of nitrogens with zero attached hydrogens (tertiary/aromatic N) is 1. The van der Waals surface area contributed by atoms with E-state index in [0.717, 1.165) is 9.87 Å². The summed E-state index contributed by atoms with van der Waals surface area (Å²) < 4.78 is 26.8. The number of ketones is 1. The maximum Gasteiger partial charge on any atom is 0.301 e. The van der Waals surface area contributed by atoms with Crippen LogP contribution in [0, 0.1) is 6.92 Å². The highest BCUT2D eigenvalue weighted by atomic mass is 32.2. The molecule has 0 aromatic heterocycles. The molecule has 0 amide bonds. The first-order valence-corrected chi connectivity index (χ1v) is 6.50. The van der Waals surface area contributed by atoms with E-state index in [0.29, 0.717) is 11.3 Å². The average Bonchev–Trinajstić information content (AvgIpc) is 2.15. The summed E-state index contributed by atoms with van der Waals surface area (Å²) in [5, 5.41) is 0. The van der Waals surface area contributed by atoms with Crippen LogP contribution in [0.15, 0.2) is 18.2 Å². The van der Waals surface area contributed by atoms with Crippen molar-refractivity contribution in [1.29, 1.82) is 0 Å². The molecule has 0 saturated carbocycles. The maximum atomic E-state index is 11.7. The minimum absolute atomic E-state index is 0.167. The molecule has 0 spiro atoms. The van der Waals surface area contributed by atoms with E-state index < -0.39 is 10.2 Å². The lowest BCUT2D eigenvalue weighted by Gasteiger charge is -2.16. The van der Waals surface area contributed by atoms with Crippen molar-refractivity contribution in [3.63, 3.8) is 0 Å². The summed E-state index contributed by atoms with van der Waals surface area (Å²) in [5.41, 5.74) is 1.46. The molecule has 0 aliphatic carbocycles. The molecule has 0 saturated heterocycles. The molecule has 0 aliphatic rings. The predicted octanol–water partition coefficient (Wildman–Crippen LogP) is 1.42. The van der Waals surface area contributed by atoms with E-state index in [2.05, 4.69) is 4.72 Å². The zero-order valence-corrected chi connectivity index (χ0v) is 11.1. The number of aryl methyl sites for hydroxylation is 1. The van der Waals surface area contributed by atoms with Crippen LogP contribution >= 0.6 is 0 Å². The number of benzene rings is 1. The van der Waals surface area contributed by atoms with E-state index >= 15 is 0 Å². The Morgan fingerprint density at radius 2 is 1.88 bits per heavy atom. The first kappa shape index (κ1) is 13.7. The van der Waals surface area contributed by atoms with Gasteiger partial charge in [-0.05, 0) is 25.5 Å². The van der Waals surface area contributed by atoms with Crippen LogP contribution in [0.4, 0.5) is 5.69 Å². The third kappa shape index (κ3) is 3.04. The van der Waals surface area contributed by atoms with E-state index in [1.165, 1.54) is 21.0 Å². The van der Waals surface area contributed by atoms with Crippen molar-refractivity contribution < 1.29 is 13.2 Å². The van der Waals surface area contributed by atoms with Crippen molar-refractivity contribution in [2.24, 2.45) is 0 Å². The van der Waals surface area contributed by atoms with Crippen molar-refractivity contribution >= 4 is 21.7 Å². The van der Waals surface area contributed by atoms with Gasteiger partial charge in [0.05, 0.1) is 5.69 Å². The normalized spacial score (nSPS) is 11.6. The number of anilines is 1. The summed E-state index contributed by atoms with van der Waals surface area (Å²) in [6.07, 6.45) is 0. The second kappa shape index (κ2) is 4.85. The average molecular weight is 256 g/mol. The highest BCUT2D eigenvalue weighted by Crippen LogP contribution is 2.21. The number of carbonyl (C=O) groups is 1. The number of carbonyl (C=O) groups excluding carboxylic acids is 1. The number of rotatable bonds is 4. The molecule has 6 heteroatoms. The van der Waals surface area contributed by atoms with E-state index in [1.807, 2.05) is 0 Å². The molecule has 0 heterocycles. The molecule has 0 radical (unpaired) electrons. The van der Waals surface area contributed by atoms with Gasteiger partial charge >= 0.3 is 10.2 Å². The summed E-state index contributed by atoms with van der Waals surface area (Å²) in [5.74, 6) is -0.167. The monoisotopic (exact) mass is 256 g/mol. The zero-order valence-electron chi connectivity index (χ0n) is 10.3. The highest BCUT2D eigenvalue weighted by Gasteiger charge is 2.17. The molecular formula is C11H16N2O3S. The molecule has 1 N–H and O–H groups in total. The second-order valence-electron chi connectivity index (χ2n) is 3.94. The SMILES string of the molecule is CC(=O)c1c(C)cccc1NS(=O)(=O)N(C)C. The maximum absolute atomic E-state index is 11.7. The Bertz CT molecular complexity index is 536. The minimum Gasteiger partial charge on any atom is -0.294 e. The fraction of sp³-hybridized carbons (Fsp3) is 0.364. The molecule has 5 nitrogen and oxygen atoms in total. The lowest BCUT2D eigenvalue weighted by molar-refractivity contribution is 0.101. The van der Waals surface area contributed by atoms with Crippen LogP contribution in [0.3, 0.4) is 0 Å².